The molecule has 1 saturated heterocycles. The second-order valence-corrected chi connectivity index (χ2v) is 5.61. The summed E-state index contributed by atoms with van der Waals surface area (Å²) in [5.41, 5.74) is 0.964. The van der Waals surface area contributed by atoms with Crippen LogP contribution in [0.2, 0.25) is 0 Å². The average Bonchev–Trinajstić information content (AvgIpc) is 2.74. The van der Waals surface area contributed by atoms with Gasteiger partial charge in [-0.05, 0) is 30.5 Å². The number of ether oxygens (including phenoxy) is 1. The molecule has 0 radical (unpaired) electrons. The van der Waals surface area contributed by atoms with E-state index in [1.165, 1.54) is 4.90 Å². The molecule has 0 spiro atoms. The molecule has 3 rings (SSSR count). The molecule has 2 unspecified atom stereocenters. The molecule has 1 heterocycles. The topological polar surface area (TPSA) is 46.6 Å². The average molecular weight is 273 g/mol. The second-order valence-electron chi connectivity index (χ2n) is 5.61. The van der Waals surface area contributed by atoms with E-state index in [2.05, 4.69) is 0 Å². The molecule has 1 aromatic carbocycles. The molecule has 1 saturated carbocycles. The monoisotopic (exact) mass is 273 g/mol. The van der Waals surface area contributed by atoms with Gasteiger partial charge in [0.25, 0.3) is 0 Å². The molecule has 2 aliphatic rings. The van der Waals surface area contributed by atoms with Gasteiger partial charge in [0.2, 0.25) is 11.8 Å². The van der Waals surface area contributed by atoms with Crippen molar-refractivity contribution in [2.24, 2.45) is 11.8 Å². The number of hydrogen-bond acceptors (Lipinski definition) is 3. The molecular weight excluding hydrogens is 254 g/mol. The molecule has 1 aromatic rings. The summed E-state index contributed by atoms with van der Waals surface area (Å²) in [6.07, 6.45) is 3.87. The highest BCUT2D eigenvalue weighted by Gasteiger charge is 2.47. The Morgan fingerprint density at radius 1 is 1.05 bits per heavy atom. The van der Waals surface area contributed by atoms with Gasteiger partial charge in [0.1, 0.15) is 5.75 Å². The maximum atomic E-state index is 12.4. The largest absolute Gasteiger partial charge is 0.497 e. The lowest BCUT2D eigenvalue weighted by Gasteiger charge is -2.19. The summed E-state index contributed by atoms with van der Waals surface area (Å²) in [6, 6.07) is 7.52. The number of nitrogens with zero attached hydrogens (tertiary/aromatic N) is 1. The zero-order chi connectivity index (χ0) is 14.1. The number of imide groups is 1. The first-order valence-electron chi connectivity index (χ1n) is 7.19. The van der Waals surface area contributed by atoms with Crippen molar-refractivity contribution in [3.05, 3.63) is 29.8 Å². The molecule has 106 valence electrons. The number of carbonyl (C=O) groups is 2. The van der Waals surface area contributed by atoms with Crippen LogP contribution >= 0.6 is 0 Å². The van der Waals surface area contributed by atoms with Crippen LogP contribution in [0.25, 0.3) is 0 Å². The van der Waals surface area contributed by atoms with Crippen LogP contribution in [0.5, 0.6) is 5.75 Å². The van der Waals surface area contributed by atoms with Gasteiger partial charge in [-0.2, -0.15) is 0 Å². The first-order chi connectivity index (χ1) is 9.70. The van der Waals surface area contributed by atoms with E-state index in [1.54, 1.807) is 7.11 Å². The number of hydrogen-bond donors (Lipinski definition) is 0. The van der Waals surface area contributed by atoms with Crippen molar-refractivity contribution in [1.29, 1.82) is 0 Å². The normalized spacial score (nSPS) is 25.8. The van der Waals surface area contributed by atoms with Gasteiger partial charge in [-0.15, -0.1) is 0 Å². The lowest BCUT2D eigenvalue weighted by atomic mass is 9.81. The summed E-state index contributed by atoms with van der Waals surface area (Å²) in [7, 11) is 1.62. The van der Waals surface area contributed by atoms with Gasteiger partial charge in [-0.1, -0.05) is 25.0 Å². The van der Waals surface area contributed by atoms with E-state index >= 15 is 0 Å². The minimum absolute atomic E-state index is 0.0236. The minimum Gasteiger partial charge on any atom is -0.497 e. The fraction of sp³-hybridized carbons (Fsp3) is 0.500. The molecule has 0 aromatic heterocycles. The Labute approximate surface area is 118 Å². The summed E-state index contributed by atoms with van der Waals surface area (Å²) in [6.45, 7) is 0.384. The Bertz CT molecular complexity index is 499. The SMILES string of the molecule is COc1ccc(CN2C(=O)C3CCCCC3C2=O)cc1. The summed E-state index contributed by atoms with van der Waals surface area (Å²) >= 11 is 0. The van der Waals surface area contributed by atoms with Crippen molar-refractivity contribution in [3.8, 4) is 5.75 Å². The zero-order valence-corrected chi connectivity index (χ0v) is 11.7. The van der Waals surface area contributed by atoms with Gasteiger partial charge >= 0.3 is 0 Å². The van der Waals surface area contributed by atoms with E-state index in [0.29, 0.717) is 6.54 Å². The molecule has 0 bridgehead atoms. The third-order valence-corrected chi connectivity index (χ3v) is 4.43. The van der Waals surface area contributed by atoms with Crippen LogP contribution < -0.4 is 4.74 Å². The molecule has 2 amide bonds. The van der Waals surface area contributed by atoms with Gasteiger partial charge < -0.3 is 4.74 Å². The van der Waals surface area contributed by atoms with Gasteiger partial charge in [-0.25, -0.2) is 0 Å². The van der Waals surface area contributed by atoms with E-state index in [1.807, 2.05) is 24.3 Å². The van der Waals surface area contributed by atoms with Crippen molar-refractivity contribution in [2.45, 2.75) is 32.2 Å². The summed E-state index contributed by atoms with van der Waals surface area (Å²) in [4.78, 5) is 26.2. The number of carbonyl (C=O) groups excluding carboxylic acids is 2. The molecule has 20 heavy (non-hydrogen) atoms. The zero-order valence-electron chi connectivity index (χ0n) is 11.7. The van der Waals surface area contributed by atoms with E-state index in [4.69, 9.17) is 4.74 Å². The number of benzene rings is 1. The van der Waals surface area contributed by atoms with Crippen LogP contribution in [-0.2, 0) is 16.1 Å². The van der Waals surface area contributed by atoms with Gasteiger partial charge in [0, 0.05) is 0 Å². The number of methoxy groups -OCH3 is 1. The van der Waals surface area contributed by atoms with Crippen LogP contribution in [0.15, 0.2) is 24.3 Å². The third kappa shape index (κ3) is 2.19. The van der Waals surface area contributed by atoms with E-state index < -0.39 is 0 Å². The van der Waals surface area contributed by atoms with Crippen molar-refractivity contribution in [2.75, 3.05) is 7.11 Å². The van der Waals surface area contributed by atoms with Crippen LogP contribution in [0.1, 0.15) is 31.2 Å². The standard InChI is InChI=1S/C16H19NO3/c1-20-12-8-6-11(7-9-12)10-17-15(18)13-4-2-3-5-14(13)16(17)19/h6-9,13-14H,2-5,10H2,1H3. The van der Waals surface area contributed by atoms with Crippen LogP contribution in [-0.4, -0.2) is 23.8 Å². The van der Waals surface area contributed by atoms with E-state index in [0.717, 1.165) is 37.0 Å². The van der Waals surface area contributed by atoms with Crippen LogP contribution in [0.3, 0.4) is 0 Å². The molecule has 2 atom stereocenters. The molecule has 1 aliphatic carbocycles. The van der Waals surface area contributed by atoms with E-state index in [-0.39, 0.29) is 23.7 Å². The Kier molecular flexibility index (Phi) is 3.47. The predicted octanol–water partition coefficient (Wildman–Crippen LogP) is 2.37. The Morgan fingerprint density at radius 3 is 2.10 bits per heavy atom. The summed E-state index contributed by atoms with van der Waals surface area (Å²) in [5.74, 6) is 0.705. The first-order valence-corrected chi connectivity index (χ1v) is 7.19. The Morgan fingerprint density at radius 2 is 1.60 bits per heavy atom. The lowest BCUT2D eigenvalue weighted by Crippen LogP contribution is -2.30. The highest BCUT2D eigenvalue weighted by molar-refractivity contribution is 6.05. The smallest absolute Gasteiger partial charge is 0.233 e. The molecular formula is C16H19NO3. The van der Waals surface area contributed by atoms with Crippen molar-refractivity contribution >= 4 is 11.8 Å². The van der Waals surface area contributed by atoms with Crippen LogP contribution in [0, 0.1) is 11.8 Å². The predicted molar refractivity (Wildman–Crippen MR) is 74.0 cm³/mol. The van der Waals surface area contributed by atoms with Gasteiger partial charge in [0.05, 0.1) is 25.5 Å². The minimum atomic E-state index is -0.0606. The van der Waals surface area contributed by atoms with Crippen molar-refractivity contribution < 1.29 is 14.3 Å². The second kappa shape index (κ2) is 5.27. The molecule has 0 N–H and O–H groups in total. The molecule has 4 nitrogen and oxygen atoms in total. The Balaban J connectivity index is 1.76. The Hall–Kier alpha value is -1.84. The highest BCUT2D eigenvalue weighted by atomic mass is 16.5. The lowest BCUT2D eigenvalue weighted by molar-refractivity contribution is -0.140. The maximum absolute atomic E-state index is 12.4. The van der Waals surface area contributed by atoms with Crippen LogP contribution in [0.4, 0.5) is 0 Å². The highest BCUT2D eigenvalue weighted by Crippen LogP contribution is 2.38. The number of rotatable bonds is 3. The molecule has 1 aliphatic heterocycles. The number of fused-ring (bicyclic) bond motifs is 1. The van der Waals surface area contributed by atoms with Crippen molar-refractivity contribution in [3.63, 3.8) is 0 Å². The first kappa shape index (κ1) is 13.2. The molecule has 2 fully saturated rings. The summed E-state index contributed by atoms with van der Waals surface area (Å²) in [5, 5.41) is 0. The van der Waals surface area contributed by atoms with Gasteiger partial charge in [0.15, 0.2) is 0 Å². The van der Waals surface area contributed by atoms with Crippen molar-refractivity contribution in [1.82, 2.24) is 4.90 Å². The number of likely N-dealkylation sites (tertiary alicyclic amines) is 1. The van der Waals surface area contributed by atoms with Gasteiger partial charge in [-0.3, -0.25) is 14.5 Å². The quantitative estimate of drug-likeness (QED) is 0.794. The summed E-state index contributed by atoms with van der Waals surface area (Å²) < 4.78 is 5.11. The fourth-order valence-electron chi connectivity index (χ4n) is 3.30. The third-order valence-electron chi connectivity index (χ3n) is 4.43. The molecule has 4 heteroatoms. The number of amides is 2. The maximum Gasteiger partial charge on any atom is 0.233 e. The fourth-order valence-corrected chi connectivity index (χ4v) is 3.30. The van der Waals surface area contributed by atoms with E-state index in [9.17, 15) is 9.59 Å².